The van der Waals surface area contributed by atoms with Crippen LogP contribution in [0.2, 0.25) is 5.28 Å². The van der Waals surface area contributed by atoms with E-state index in [0.29, 0.717) is 43.2 Å². The molecule has 2 amide bonds. The highest BCUT2D eigenvalue weighted by Crippen LogP contribution is 2.54. The number of piperidine rings is 1. The molecule has 2 aromatic heterocycles. The number of urea groups is 1. The van der Waals surface area contributed by atoms with Crippen LogP contribution in [0.15, 0.2) is 24.7 Å². The molecule has 1 aliphatic carbocycles. The summed E-state index contributed by atoms with van der Waals surface area (Å²) in [5.41, 5.74) is 2.28. The zero-order valence-corrected chi connectivity index (χ0v) is 15.9. The number of pyridine rings is 1. The van der Waals surface area contributed by atoms with Gasteiger partial charge in [0.25, 0.3) is 0 Å². The number of hydrogen-bond acceptors (Lipinski definition) is 5. The minimum Gasteiger partial charge on any atom is -0.353 e. The lowest BCUT2D eigenvalue weighted by Gasteiger charge is -2.21. The fourth-order valence-corrected chi connectivity index (χ4v) is 4.76. The molecular weight excluding hydrogens is 383 g/mol. The van der Waals surface area contributed by atoms with Crippen LogP contribution in [0.1, 0.15) is 17.5 Å². The first-order valence-electron chi connectivity index (χ1n) is 9.47. The number of hydrogen-bond donors (Lipinski definition) is 1. The van der Waals surface area contributed by atoms with E-state index in [-0.39, 0.29) is 11.3 Å². The lowest BCUT2D eigenvalue weighted by atomic mass is 10.2. The van der Waals surface area contributed by atoms with Gasteiger partial charge in [-0.15, -0.1) is 0 Å². The van der Waals surface area contributed by atoms with Crippen molar-refractivity contribution >= 4 is 23.4 Å². The van der Waals surface area contributed by atoms with Crippen molar-refractivity contribution in [3.05, 3.63) is 46.9 Å². The van der Waals surface area contributed by atoms with Crippen molar-refractivity contribution < 1.29 is 9.18 Å². The Morgan fingerprint density at radius 3 is 2.82 bits per heavy atom. The number of rotatable bonds is 4. The van der Waals surface area contributed by atoms with E-state index in [9.17, 15) is 9.18 Å². The van der Waals surface area contributed by atoms with Gasteiger partial charge in [-0.25, -0.2) is 14.2 Å². The fraction of sp³-hybridized carbons (Fsp3) is 0.474. The second-order valence-corrected chi connectivity index (χ2v) is 8.07. The number of aromatic nitrogens is 3. The average Bonchev–Trinajstić information content (AvgIpc) is 3.05. The lowest BCUT2D eigenvalue weighted by Crippen LogP contribution is -2.37. The third-order valence-corrected chi connectivity index (χ3v) is 6.32. The number of halogens is 2. The van der Waals surface area contributed by atoms with Gasteiger partial charge in [0, 0.05) is 45.1 Å². The van der Waals surface area contributed by atoms with E-state index in [1.165, 1.54) is 5.56 Å². The van der Waals surface area contributed by atoms with Crippen molar-refractivity contribution in [2.24, 2.45) is 17.8 Å². The molecule has 2 aromatic rings. The van der Waals surface area contributed by atoms with Gasteiger partial charge in [-0.2, -0.15) is 4.98 Å². The van der Waals surface area contributed by atoms with Gasteiger partial charge in [-0.1, -0.05) is 0 Å². The van der Waals surface area contributed by atoms with Gasteiger partial charge in [0.05, 0.1) is 6.20 Å². The van der Waals surface area contributed by atoms with Gasteiger partial charge in [-0.05, 0) is 53.0 Å². The Morgan fingerprint density at radius 1 is 1.25 bits per heavy atom. The van der Waals surface area contributed by atoms with Crippen LogP contribution in [0.4, 0.5) is 15.0 Å². The van der Waals surface area contributed by atoms with E-state index >= 15 is 0 Å². The SMILES string of the molecule is O=C(NCCC1[C@H]2CN(c3nc(Cl)ncc3F)C[C@@H]12)N1Cc2ccncc2C1. The number of nitrogens with one attached hydrogen (secondary N) is 1. The maximum absolute atomic E-state index is 13.9. The third kappa shape index (κ3) is 3.15. The molecule has 0 spiro atoms. The van der Waals surface area contributed by atoms with E-state index < -0.39 is 5.82 Å². The molecule has 1 N–H and O–H groups in total. The van der Waals surface area contributed by atoms with E-state index in [2.05, 4.69) is 20.3 Å². The fourth-order valence-electron chi connectivity index (χ4n) is 4.63. The van der Waals surface area contributed by atoms with Crippen molar-refractivity contribution in [3.8, 4) is 0 Å². The van der Waals surface area contributed by atoms with Crippen molar-refractivity contribution in [1.82, 2.24) is 25.2 Å². The van der Waals surface area contributed by atoms with Crippen LogP contribution in [-0.4, -0.2) is 45.5 Å². The average molecular weight is 403 g/mol. The van der Waals surface area contributed by atoms with Gasteiger partial charge in [0.1, 0.15) is 0 Å². The molecule has 0 bridgehead atoms. The molecule has 7 nitrogen and oxygen atoms in total. The number of amides is 2. The maximum atomic E-state index is 13.9. The third-order valence-electron chi connectivity index (χ3n) is 6.14. The minimum absolute atomic E-state index is 0.0265. The number of carbonyl (C=O) groups is 1. The quantitative estimate of drug-likeness (QED) is 0.795. The Balaban J connectivity index is 1.07. The highest BCUT2D eigenvalue weighted by Gasteiger charge is 2.55. The van der Waals surface area contributed by atoms with Crippen LogP contribution in [-0.2, 0) is 13.1 Å². The van der Waals surface area contributed by atoms with Gasteiger partial charge in [-0.3, -0.25) is 4.98 Å². The Hall–Kier alpha value is -2.48. The first-order valence-corrected chi connectivity index (χ1v) is 9.85. The largest absolute Gasteiger partial charge is 0.353 e. The summed E-state index contributed by atoms with van der Waals surface area (Å²) in [5, 5.41) is 3.10. The normalized spacial score (nSPS) is 24.9. The van der Waals surface area contributed by atoms with Crippen molar-refractivity contribution in [1.29, 1.82) is 0 Å². The Morgan fingerprint density at radius 2 is 2.04 bits per heavy atom. The van der Waals surface area contributed by atoms with Crippen LogP contribution in [0.3, 0.4) is 0 Å². The molecule has 2 fully saturated rings. The smallest absolute Gasteiger partial charge is 0.318 e. The van der Waals surface area contributed by atoms with E-state index in [1.54, 1.807) is 6.20 Å². The molecule has 2 aliphatic heterocycles. The second-order valence-electron chi connectivity index (χ2n) is 7.73. The molecular formula is C19H20ClFN6O. The summed E-state index contributed by atoms with van der Waals surface area (Å²) in [6.07, 6.45) is 5.66. The predicted octanol–water partition coefficient (Wildman–Crippen LogP) is 2.46. The molecule has 0 radical (unpaired) electrons. The van der Waals surface area contributed by atoms with Crippen molar-refractivity contribution in [2.75, 3.05) is 24.5 Å². The standard InChI is InChI=1S/C19H20ClFN6O/c20-18-24-6-16(21)17(25-18)26-9-14-13(15(14)10-26)2-4-23-19(28)27-7-11-1-3-22-5-12(11)8-27/h1,3,5-6,13-15H,2,4,7-10H2,(H,23,28)/t13?,14-,15+. The van der Waals surface area contributed by atoms with Gasteiger partial charge in [0.15, 0.2) is 11.6 Å². The zero-order valence-electron chi connectivity index (χ0n) is 15.2. The topological polar surface area (TPSA) is 74.2 Å². The highest BCUT2D eigenvalue weighted by atomic mass is 35.5. The number of fused-ring (bicyclic) bond motifs is 2. The van der Waals surface area contributed by atoms with Crippen LogP contribution in [0.25, 0.3) is 0 Å². The summed E-state index contributed by atoms with van der Waals surface area (Å²) in [7, 11) is 0. The Bertz CT molecular complexity index is 890. The molecule has 1 unspecified atom stereocenters. The van der Waals surface area contributed by atoms with Crippen molar-refractivity contribution in [3.63, 3.8) is 0 Å². The molecule has 4 heterocycles. The number of carbonyl (C=O) groups excluding carboxylic acids is 1. The molecule has 3 atom stereocenters. The summed E-state index contributed by atoms with van der Waals surface area (Å²) in [4.78, 5) is 27.9. The maximum Gasteiger partial charge on any atom is 0.318 e. The lowest BCUT2D eigenvalue weighted by molar-refractivity contribution is 0.198. The number of nitrogens with zero attached hydrogens (tertiary/aromatic N) is 5. The molecule has 28 heavy (non-hydrogen) atoms. The van der Waals surface area contributed by atoms with Crippen LogP contribution in [0.5, 0.6) is 0 Å². The van der Waals surface area contributed by atoms with E-state index in [0.717, 1.165) is 31.3 Å². The molecule has 0 aromatic carbocycles. The second kappa shape index (κ2) is 6.84. The van der Waals surface area contributed by atoms with Crippen LogP contribution in [0, 0.1) is 23.6 Å². The van der Waals surface area contributed by atoms with Crippen LogP contribution >= 0.6 is 11.6 Å². The minimum atomic E-state index is -0.434. The highest BCUT2D eigenvalue weighted by molar-refractivity contribution is 6.28. The first-order chi connectivity index (χ1) is 13.6. The molecule has 146 valence electrons. The summed E-state index contributed by atoms with van der Waals surface area (Å²) in [6.45, 7) is 3.48. The van der Waals surface area contributed by atoms with Gasteiger partial charge in [0.2, 0.25) is 5.28 Å². The molecule has 3 aliphatic rings. The van der Waals surface area contributed by atoms with Gasteiger partial charge >= 0.3 is 6.03 Å². The van der Waals surface area contributed by atoms with Gasteiger partial charge < -0.3 is 15.1 Å². The molecule has 1 saturated carbocycles. The Kier molecular flexibility index (Phi) is 4.30. The monoisotopic (exact) mass is 402 g/mol. The van der Waals surface area contributed by atoms with Crippen molar-refractivity contribution in [2.45, 2.75) is 19.5 Å². The molecule has 9 heteroatoms. The molecule has 5 rings (SSSR count). The Labute approximate surface area is 166 Å². The first kappa shape index (κ1) is 17.6. The van der Waals surface area contributed by atoms with E-state index in [4.69, 9.17) is 11.6 Å². The summed E-state index contributed by atoms with van der Waals surface area (Å²) in [5.74, 6) is 1.51. The predicted molar refractivity (Wildman–Crippen MR) is 101 cm³/mol. The zero-order chi connectivity index (χ0) is 19.3. The summed E-state index contributed by atoms with van der Waals surface area (Å²) < 4.78 is 13.9. The number of anilines is 1. The van der Waals surface area contributed by atoms with Crippen LogP contribution < -0.4 is 10.2 Å². The summed E-state index contributed by atoms with van der Waals surface area (Å²) in [6, 6.07) is 1.94. The van der Waals surface area contributed by atoms with E-state index in [1.807, 2.05) is 22.1 Å². The molecule has 1 saturated heterocycles. The summed E-state index contributed by atoms with van der Waals surface area (Å²) >= 11 is 5.79.